The van der Waals surface area contributed by atoms with Crippen LogP contribution in [0.15, 0.2) is 0 Å². The minimum atomic E-state index is -0.800. The van der Waals surface area contributed by atoms with Gasteiger partial charge in [-0.1, -0.05) is 6.92 Å². The number of hydrogen-bond acceptors (Lipinski definition) is 3. The second-order valence-electron chi connectivity index (χ2n) is 6.25. The van der Waals surface area contributed by atoms with Crippen molar-refractivity contribution >= 4 is 12.0 Å². The molecule has 1 unspecified atom stereocenters. The Morgan fingerprint density at radius 2 is 2.10 bits per heavy atom. The standard InChI is InChI=1S/C15H26N2O4/c1-2-15(13(19)20)7-9-16(11-15)14(21)17(8-4-10-18)12-5-3-6-12/h12,18H,2-11H2,1H3,(H,19,20). The summed E-state index contributed by atoms with van der Waals surface area (Å²) >= 11 is 0. The Balaban J connectivity index is 2.02. The minimum absolute atomic E-state index is 0.0512. The highest BCUT2D eigenvalue weighted by atomic mass is 16.4. The Morgan fingerprint density at radius 3 is 2.52 bits per heavy atom. The van der Waals surface area contributed by atoms with Crippen molar-refractivity contribution in [1.82, 2.24) is 9.80 Å². The molecule has 2 amide bonds. The summed E-state index contributed by atoms with van der Waals surface area (Å²) in [5.74, 6) is -0.800. The number of aliphatic hydroxyl groups excluding tert-OH is 1. The molecule has 1 aliphatic heterocycles. The van der Waals surface area contributed by atoms with Crippen LogP contribution in [-0.4, -0.2) is 64.3 Å². The fourth-order valence-electron chi connectivity index (χ4n) is 3.21. The van der Waals surface area contributed by atoms with Gasteiger partial charge in [-0.15, -0.1) is 0 Å². The number of aliphatic carboxylic acids is 1. The van der Waals surface area contributed by atoms with Gasteiger partial charge < -0.3 is 20.0 Å². The van der Waals surface area contributed by atoms with E-state index in [0.717, 1.165) is 19.3 Å². The first-order valence-electron chi connectivity index (χ1n) is 7.94. The fourth-order valence-corrected chi connectivity index (χ4v) is 3.21. The van der Waals surface area contributed by atoms with Crippen molar-refractivity contribution in [3.8, 4) is 0 Å². The van der Waals surface area contributed by atoms with E-state index in [2.05, 4.69) is 0 Å². The first-order valence-corrected chi connectivity index (χ1v) is 7.94. The predicted octanol–water partition coefficient (Wildman–Crippen LogP) is 1.53. The summed E-state index contributed by atoms with van der Waals surface area (Å²) in [6.07, 6.45) is 4.83. The lowest BCUT2D eigenvalue weighted by molar-refractivity contribution is -0.148. The molecule has 1 saturated carbocycles. The van der Waals surface area contributed by atoms with Gasteiger partial charge in [0, 0.05) is 32.3 Å². The number of likely N-dealkylation sites (tertiary alicyclic amines) is 1. The van der Waals surface area contributed by atoms with Gasteiger partial charge in [-0.05, 0) is 38.5 Å². The topological polar surface area (TPSA) is 81.1 Å². The number of hydrogen-bond donors (Lipinski definition) is 2. The van der Waals surface area contributed by atoms with Gasteiger partial charge in [-0.25, -0.2) is 4.79 Å². The summed E-state index contributed by atoms with van der Waals surface area (Å²) in [6, 6.07) is 0.218. The number of rotatable bonds is 6. The van der Waals surface area contributed by atoms with Crippen LogP contribution < -0.4 is 0 Å². The maximum Gasteiger partial charge on any atom is 0.320 e. The molecule has 6 nitrogen and oxygen atoms in total. The quantitative estimate of drug-likeness (QED) is 0.779. The molecule has 1 atom stereocenters. The number of carbonyl (C=O) groups excluding carboxylic acids is 1. The average Bonchev–Trinajstić information content (AvgIpc) is 2.86. The van der Waals surface area contributed by atoms with E-state index < -0.39 is 11.4 Å². The third kappa shape index (κ3) is 3.15. The number of aliphatic hydroxyl groups is 1. The second-order valence-corrected chi connectivity index (χ2v) is 6.25. The van der Waals surface area contributed by atoms with Crippen molar-refractivity contribution < 1.29 is 19.8 Å². The van der Waals surface area contributed by atoms with Gasteiger partial charge in [0.1, 0.15) is 0 Å². The molecular weight excluding hydrogens is 272 g/mol. The van der Waals surface area contributed by atoms with Gasteiger partial charge in [0.15, 0.2) is 0 Å². The molecule has 6 heteroatoms. The van der Waals surface area contributed by atoms with Crippen LogP contribution in [0.2, 0.25) is 0 Å². The van der Waals surface area contributed by atoms with E-state index in [1.807, 2.05) is 11.8 Å². The highest BCUT2D eigenvalue weighted by Crippen LogP contribution is 2.35. The van der Waals surface area contributed by atoms with Crippen molar-refractivity contribution in [2.75, 3.05) is 26.2 Å². The maximum absolute atomic E-state index is 12.7. The first kappa shape index (κ1) is 16.1. The molecule has 120 valence electrons. The number of amides is 2. The van der Waals surface area contributed by atoms with Crippen LogP contribution in [0.3, 0.4) is 0 Å². The van der Waals surface area contributed by atoms with Gasteiger partial charge in [0.25, 0.3) is 0 Å². The molecule has 0 aromatic heterocycles. The molecule has 1 aliphatic carbocycles. The van der Waals surface area contributed by atoms with E-state index in [0.29, 0.717) is 38.9 Å². The molecule has 0 bridgehead atoms. The number of urea groups is 1. The zero-order chi connectivity index (χ0) is 15.5. The molecule has 2 rings (SSSR count). The van der Waals surface area contributed by atoms with E-state index in [1.54, 1.807) is 4.90 Å². The normalized spacial score (nSPS) is 25.7. The second kappa shape index (κ2) is 6.64. The highest BCUT2D eigenvalue weighted by Gasteiger charge is 2.46. The molecule has 0 aromatic rings. The number of nitrogens with zero attached hydrogens (tertiary/aromatic N) is 2. The van der Waals surface area contributed by atoms with Gasteiger partial charge in [-0.3, -0.25) is 4.79 Å². The highest BCUT2D eigenvalue weighted by molar-refractivity contribution is 5.80. The zero-order valence-electron chi connectivity index (χ0n) is 12.8. The van der Waals surface area contributed by atoms with Gasteiger partial charge in [0.05, 0.1) is 5.41 Å². The van der Waals surface area contributed by atoms with E-state index in [-0.39, 0.29) is 18.7 Å². The number of carbonyl (C=O) groups is 2. The molecule has 2 aliphatic rings. The lowest BCUT2D eigenvalue weighted by Gasteiger charge is -2.39. The average molecular weight is 298 g/mol. The summed E-state index contributed by atoms with van der Waals surface area (Å²) < 4.78 is 0. The van der Waals surface area contributed by atoms with Crippen molar-refractivity contribution in [1.29, 1.82) is 0 Å². The van der Waals surface area contributed by atoms with Gasteiger partial charge in [-0.2, -0.15) is 0 Å². The van der Waals surface area contributed by atoms with Gasteiger partial charge in [0.2, 0.25) is 0 Å². The van der Waals surface area contributed by atoms with E-state index in [1.165, 1.54) is 0 Å². The third-order valence-electron chi connectivity index (χ3n) is 5.07. The lowest BCUT2D eigenvalue weighted by Crippen LogP contribution is -2.51. The van der Waals surface area contributed by atoms with E-state index in [4.69, 9.17) is 5.11 Å². The summed E-state index contributed by atoms with van der Waals surface area (Å²) in [5.41, 5.74) is -0.780. The third-order valence-corrected chi connectivity index (χ3v) is 5.07. The Hall–Kier alpha value is -1.30. The van der Waals surface area contributed by atoms with E-state index in [9.17, 15) is 14.7 Å². The molecular formula is C15H26N2O4. The molecule has 1 saturated heterocycles. The lowest BCUT2D eigenvalue weighted by atomic mass is 9.84. The summed E-state index contributed by atoms with van der Waals surface area (Å²) in [4.78, 5) is 27.7. The van der Waals surface area contributed by atoms with Gasteiger partial charge >= 0.3 is 12.0 Å². The molecule has 2 N–H and O–H groups in total. The van der Waals surface area contributed by atoms with Crippen LogP contribution in [0.4, 0.5) is 4.79 Å². The van der Waals surface area contributed by atoms with Crippen molar-refractivity contribution in [3.05, 3.63) is 0 Å². The van der Waals surface area contributed by atoms with Crippen molar-refractivity contribution in [2.24, 2.45) is 5.41 Å². The molecule has 0 aromatic carbocycles. The Kier molecular flexibility index (Phi) is 5.08. The van der Waals surface area contributed by atoms with Crippen molar-refractivity contribution in [3.63, 3.8) is 0 Å². The smallest absolute Gasteiger partial charge is 0.320 e. The largest absolute Gasteiger partial charge is 0.481 e. The Labute approximate surface area is 125 Å². The monoisotopic (exact) mass is 298 g/mol. The van der Waals surface area contributed by atoms with Crippen molar-refractivity contribution in [2.45, 2.75) is 51.5 Å². The summed E-state index contributed by atoms with van der Waals surface area (Å²) in [6.45, 7) is 3.33. The maximum atomic E-state index is 12.7. The van der Waals surface area contributed by atoms with Crippen LogP contribution in [0.5, 0.6) is 0 Å². The molecule has 0 spiro atoms. The Morgan fingerprint density at radius 1 is 1.38 bits per heavy atom. The SMILES string of the molecule is CCC1(C(=O)O)CCN(C(=O)N(CCCO)C2CCC2)C1. The molecule has 21 heavy (non-hydrogen) atoms. The Bertz CT molecular complexity index is 397. The minimum Gasteiger partial charge on any atom is -0.481 e. The summed E-state index contributed by atoms with van der Waals surface area (Å²) in [5, 5.41) is 18.4. The van der Waals surface area contributed by atoms with Crippen LogP contribution in [0, 0.1) is 5.41 Å². The molecule has 0 radical (unpaired) electrons. The predicted molar refractivity (Wildman–Crippen MR) is 78.0 cm³/mol. The van der Waals surface area contributed by atoms with Crippen LogP contribution in [0.25, 0.3) is 0 Å². The van der Waals surface area contributed by atoms with E-state index >= 15 is 0 Å². The molecule has 1 heterocycles. The zero-order valence-corrected chi connectivity index (χ0v) is 12.8. The fraction of sp³-hybridized carbons (Fsp3) is 0.867. The van der Waals surface area contributed by atoms with Crippen LogP contribution >= 0.6 is 0 Å². The summed E-state index contributed by atoms with van der Waals surface area (Å²) in [7, 11) is 0. The first-order chi connectivity index (χ1) is 10.0. The van der Waals surface area contributed by atoms with Crippen LogP contribution in [0.1, 0.15) is 45.4 Å². The number of carboxylic acids is 1. The number of carboxylic acid groups (broad SMARTS) is 1. The molecule has 2 fully saturated rings. The van der Waals surface area contributed by atoms with Crippen LogP contribution in [-0.2, 0) is 4.79 Å².